The van der Waals surface area contributed by atoms with Crippen LogP contribution in [-0.4, -0.2) is 46.9 Å². The number of likely N-dealkylation sites (tertiary alicyclic amines) is 1. The smallest absolute Gasteiger partial charge is 0.220 e. The van der Waals surface area contributed by atoms with E-state index in [-0.39, 0.29) is 29.2 Å². The molecule has 3 unspecified atom stereocenters. The van der Waals surface area contributed by atoms with Gasteiger partial charge in [0.1, 0.15) is 6.23 Å². The van der Waals surface area contributed by atoms with Crippen molar-refractivity contribution in [2.45, 2.75) is 70.2 Å². The molecule has 2 heterocycles. The fourth-order valence-electron chi connectivity index (χ4n) is 5.49. The second-order valence-corrected chi connectivity index (χ2v) is 9.98. The lowest BCUT2D eigenvalue weighted by Gasteiger charge is -2.50. The molecule has 1 aromatic carbocycles. The molecule has 2 saturated heterocycles. The SMILES string of the molecule is CC(Oc1ccc(Cl)cc1F)C1CCN(C(O)C(C)C2CC3(CCC(=O)N3)C2)CC1. The van der Waals surface area contributed by atoms with Crippen molar-refractivity contribution in [1.82, 2.24) is 10.2 Å². The van der Waals surface area contributed by atoms with Crippen molar-refractivity contribution in [3.8, 4) is 5.75 Å². The zero-order valence-corrected chi connectivity index (χ0v) is 18.5. The van der Waals surface area contributed by atoms with Crippen molar-refractivity contribution < 1.29 is 19.0 Å². The first-order valence-electron chi connectivity index (χ1n) is 11.1. The van der Waals surface area contributed by atoms with Crippen LogP contribution in [0.25, 0.3) is 0 Å². The quantitative estimate of drug-likeness (QED) is 0.705. The minimum atomic E-state index is -0.463. The highest BCUT2D eigenvalue weighted by molar-refractivity contribution is 6.30. The first kappa shape index (κ1) is 21.8. The largest absolute Gasteiger partial charge is 0.487 e. The third-order valence-electron chi connectivity index (χ3n) is 7.57. The third-order valence-corrected chi connectivity index (χ3v) is 7.81. The van der Waals surface area contributed by atoms with E-state index in [0.717, 1.165) is 45.2 Å². The Balaban J connectivity index is 1.24. The number of rotatable bonds is 6. The summed E-state index contributed by atoms with van der Waals surface area (Å²) in [4.78, 5) is 13.7. The van der Waals surface area contributed by atoms with Crippen LogP contribution in [0.15, 0.2) is 18.2 Å². The molecule has 1 saturated carbocycles. The number of carbonyl (C=O) groups is 1. The summed E-state index contributed by atoms with van der Waals surface area (Å²) in [5, 5.41) is 14.4. The van der Waals surface area contributed by atoms with E-state index in [0.29, 0.717) is 23.3 Å². The van der Waals surface area contributed by atoms with Gasteiger partial charge in [-0.05, 0) is 75.0 Å². The lowest BCUT2D eigenvalue weighted by Crippen LogP contribution is -2.57. The molecule has 3 fully saturated rings. The maximum absolute atomic E-state index is 14.0. The molecule has 1 aliphatic carbocycles. The van der Waals surface area contributed by atoms with Gasteiger partial charge < -0.3 is 15.2 Å². The number of aliphatic hydroxyl groups is 1. The van der Waals surface area contributed by atoms with Crippen LogP contribution in [0.1, 0.15) is 52.4 Å². The van der Waals surface area contributed by atoms with Crippen molar-refractivity contribution in [3.05, 3.63) is 29.0 Å². The van der Waals surface area contributed by atoms with Gasteiger partial charge in [-0.25, -0.2) is 4.39 Å². The van der Waals surface area contributed by atoms with Gasteiger partial charge in [-0.2, -0.15) is 0 Å². The van der Waals surface area contributed by atoms with Gasteiger partial charge in [0, 0.05) is 30.1 Å². The molecule has 30 heavy (non-hydrogen) atoms. The lowest BCUT2D eigenvalue weighted by molar-refractivity contribution is -0.121. The molecule has 166 valence electrons. The minimum Gasteiger partial charge on any atom is -0.487 e. The highest BCUT2D eigenvalue weighted by Crippen LogP contribution is 2.48. The topological polar surface area (TPSA) is 61.8 Å². The Morgan fingerprint density at radius 3 is 2.57 bits per heavy atom. The van der Waals surface area contributed by atoms with Crippen LogP contribution in [-0.2, 0) is 4.79 Å². The average molecular weight is 439 g/mol. The molecule has 5 nitrogen and oxygen atoms in total. The van der Waals surface area contributed by atoms with Crippen LogP contribution in [0.3, 0.4) is 0 Å². The molecule has 0 aromatic heterocycles. The second-order valence-electron chi connectivity index (χ2n) is 9.54. The number of amides is 1. The standard InChI is InChI=1S/C23H32ClFN2O3/c1-14(17-12-23(13-17)8-5-21(28)26-23)22(29)27-9-6-16(7-10-27)15(2)30-20-4-3-18(24)11-19(20)25/h3-4,11,14-17,22,29H,5-10,12-13H2,1-2H3,(H,26,28). The summed E-state index contributed by atoms with van der Waals surface area (Å²) >= 11 is 5.81. The number of nitrogens with zero attached hydrogens (tertiary/aromatic N) is 1. The summed E-state index contributed by atoms with van der Waals surface area (Å²) in [5.74, 6) is 0.916. The number of piperidine rings is 1. The van der Waals surface area contributed by atoms with E-state index in [1.54, 1.807) is 12.1 Å². The van der Waals surface area contributed by atoms with E-state index in [2.05, 4.69) is 17.1 Å². The predicted octanol–water partition coefficient (Wildman–Crippen LogP) is 3.97. The Morgan fingerprint density at radius 2 is 1.97 bits per heavy atom. The molecular weight excluding hydrogens is 407 g/mol. The number of benzene rings is 1. The monoisotopic (exact) mass is 438 g/mol. The number of ether oxygens (including phenoxy) is 1. The van der Waals surface area contributed by atoms with E-state index < -0.39 is 12.0 Å². The first-order chi connectivity index (χ1) is 14.3. The van der Waals surface area contributed by atoms with Crippen molar-refractivity contribution in [2.24, 2.45) is 17.8 Å². The maximum atomic E-state index is 14.0. The predicted molar refractivity (Wildman–Crippen MR) is 114 cm³/mol. The van der Waals surface area contributed by atoms with Gasteiger partial charge in [0.2, 0.25) is 5.91 Å². The molecule has 3 aliphatic rings. The molecule has 7 heteroatoms. The number of halogens is 2. The van der Waals surface area contributed by atoms with Crippen LogP contribution >= 0.6 is 11.6 Å². The fraction of sp³-hybridized carbons (Fsp3) is 0.696. The molecule has 2 aliphatic heterocycles. The average Bonchev–Trinajstić information content (AvgIpc) is 3.10. The number of hydrogen-bond donors (Lipinski definition) is 2. The van der Waals surface area contributed by atoms with E-state index in [9.17, 15) is 14.3 Å². The number of nitrogens with one attached hydrogen (secondary N) is 1. The Bertz CT molecular complexity index is 778. The molecular formula is C23H32ClFN2O3. The Labute approximate surface area is 182 Å². The summed E-state index contributed by atoms with van der Waals surface area (Å²) in [6.45, 7) is 5.72. The van der Waals surface area contributed by atoms with Crippen molar-refractivity contribution in [2.75, 3.05) is 13.1 Å². The first-order valence-corrected chi connectivity index (χ1v) is 11.5. The van der Waals surface area contributed by atoms with E-state index in [1.807, 2.05) is 6.92 Å². The summed E-state index contributed by atoms with van der Waals surface area (Å²) in [6, 6.07) is 4.48. The highest BCUT2D eigenvalue weighted by atomic mass is 35.5. The van der Waals surface area contributed by atoms with E-state index >= 15 is 0 Å². The lowest BCUT2D eigenvalue weighted by atomic mass is 9.62. The summed E-state index contributed by atoms with van der Waals surface area (Å²) < 4.78 is 19.9. The van der Waals surface area contributed by atoms with Crippen LogP contribution < -0.4 is 10.1 Å². The normalized spacial score (nSPS) is 30.6. The molecule has 1 aromatic rings. The van der Waals surface area contributed by atoms with Crippen LogP contribution in [0.5, 0.6) is 5.75 Å². The number of hydrogen-bond acceptors (Lipinski definition) is 4. The minimum absolute atomic E-state index is 0.00638. The Kier molecular flexibility index (Phi) is 6.29. The molecule has 2 N–H and O–H groups in total. The zero-order valence-electron chi connectivity index (χ0n) is 17.7. The van der Waals surface area contributed by atoms with Crippen molar-refractivity contribution in [1.29, 1.82) is 0 Å². The van der Waals surface area contributed by atoms with Gasteiger partial charge in [0.05, 0.1) is 6.10 Å². The highest BCUT2D eigenvalue weighted by Gasteiger charge is 2.51. The molecule has 4 rings (SSSR count). The number of aliphatic hydroxyl groups excluding tert-OH is 1. The third kappa shape index (κ3) is 4.46. The fourth-order valence-corrected chi connectivity index (χ4v) is 5.65. The van der Waals surface area contributed by atoms with Gasteiger partial charge in [0.25, 0.3) is 0 Å². The Hall–Kier alpha value is -1.37. The molecule has 1 amide bonds. The summed E-state index contributed by atoms with van der Waals surface area (Å²) in [7, 11) is 0. The van der Waals surface area contributed by atoms with Crippen LogP contribution in [0.2, 0.25) is 5.02 Å². The Morgan fingerprint density at radius 1 is 1.27 bits per heavy atom. The second kappa shape index (κ2) is 8.64. The van der Waals surface area contributed by atoms with Gasteiger partial charge in [0.15, 0.2) is 11.6 Å². The van der Waals surface area contributed by atoms with Crippen molar-refractivity contribution in [3.63, 3.8) is 0 Å². The molecule has 3 atom stereocenters. The maximum Gasteiger partial charge on any atom is 0.220 e. The molecule has 0 radical (unpaired) electrons. The van der Waals surface area contributed by atoms with Gasteiger partial charge in [-0.3, -0.25) is 9.69 Å². The summed E-state index contributed by atoms with van der Waals surface area (Å²) in [5.41, 5.74) is 0.00638. The van der Waals surface area contributed by atoms with E-state index in [1.165, 1.54) is 6.07 Å². The van der Waals surface area contributed by atoms with Gasteiger partial charge in [-0.1, -0.05) is 18.5 Å². The number of carbonyl (C=O) groups excluding carboxylic acids is 1. The summed E-state index contributed by atoms with van der Waals surface area (Å²) in [6.07, 6.45) is 4.77. The van der Waals surface area contributed by atoms with E-state index in [4.69, 9.17) is 16.3 Å². The molecule has 1 spiro atoms. The van der Waals surface area contributed by atoms with Gasteiger partial charge in [-0.15, -0.1) is 0 Å². The van der Waals surface area contributed by atoms with Gasteiger partial charge >= 0.3 is 0 Å². The van der Waals surface area contributed by atoms with Crippen molar-refractivity contribution >= 4 is 17.5 Å². The molecule has 0 bridgehead atoms. The van der Waals surface area contributed by atoms with Crippen LogP contribution in [0.4, 0.5) is 4.39 Å². The zero-order chi connectivity index (χ0) is 21.5. The van der Waals surface area contributed by atoms with Crippen LogP contribution in [0, 0.1) is 23.6 Å².